The van der Waals surface area contributed by atoms with Crippen LogP contribution in [0.25, 0.3) is 0 Å². The Morgan fingerprint density at radius 3 is 2.57 bits per heavy atom. The molecule has 0 aliphatic heterocycles. The quantitative estimate of drug-likeness (QED) is 0.802. The van der Waals surface area contributed by atoms with E-state index in [0.717, 1.165) is 31.2 Å². The standard InChI is InChI=1S/C16H20FNO3/c1-11-7-8-13(14(17)9-11)16(20)18(10-15(19)21-2)12-5-3-4-6-12/h7-9,12H,3-6,10H2,1-2H3. The lowest BCUT2D eigenvalue weighted by Gasteiger charge is -2.28. The van der Waals surface area contributed by atoms with Gasteiger partial charge in [-0.3, -0.25) is 9.59 Å². The number of amides is 1. The zero-order chi connectivity index (χ0) is 15.4. The van der Waals surface area contributed by atoms with E-state index in [-0.39, 0.29) is 18.2 Å². The van der Waals surface area contributed by atoms with Gasteiger partial charge in [0, 0.05) is 6.04 Å². The normalized spacial score (nSPS) is 15.0. The fourth-order valence-corrected chi connectivity index (χ4v) is 2.73. The van der Waals surface area contributed by atoms with Crippen LogP contribution in [0.1, 0.15) is 41.6 Å². The third kappa shape index (κ3) is 3.60. The minimum Gasteiger partial charge on any atom is -0.468 e. The number of methoxy groups -OCH3 is 1. The van der Waals surface area contributed by atoms with Gasteiger partial charge in [0.05, 0.1) is 12.7 Å². The topological polar surface area (TPSA) is 46.6 Å². The summed E-state index contributed by atoms with van der Waals surface area (Å²) in [6.07, 6.45) is 3.73. The maximum absolute atomic E-state index is 14.0. The fraction of sp³-hybridized carbons (Fsp3) is 0.500. The van der Waals surface area contributed by atoms with Crippen molar-refractivity contribution < 1.29 is 18.7 Å². The minimum absolute atomic E-state index is 0.0106. The van der Waals surface area contributed by atoms with Crippen LogP contribution in [0.3, 0.4) is 0 Å². The second-order valence-electron chi connectivity index (χ2n) is 5.43. The van der Waals surface area contributed by atoms with Gasteiger partial charge in [0.2, 0.25) is 0 Å². The summed E-state index contributed by atoms with van der Waals surface area (Å²) in [5, 5.41) is 0. The Kier molecular flexibility index (Phi) is 4.94. The predicted molar refractivity (Wildman–Crippen MR) is 76.4 cm³/mol. The van der Waals surface area contributed by atoms with E-state index in [4.69, 9.17) is 0 Å². The molecule has 0 aromatic heterocycles. The molecule has 4 nitrogen and oxygen atoms in total. The van der Waals surface area contributed by atoms with Crippen LogP contribution in [0.5, 0.6) is 0 Å². The number of aryl methyl sites for hydroxylation is 1. The predicted octanol–water partition coefficient (Wildman–Crippen LogP) is 2.69. The Labute approximate surface area is 123 Å². The second-order valence-corrected chi connectivity index (χ2v) is 5.43. The highest BCUT2D eigenvalue weighted by Crippen LogP contribution is 2.25. The Balaban J connectivity index is 2.26. The van der Waals surface area contributed by atoms with Crippen LogP contribution in [0.2, 0.25) is 0 Å². The van der Waals surface area contributed by atoms with Gasteiger partial charge < -0.3 is 9.64 Å². The molecule has 0 bridgehead atoms. The first kappa shape index (κ1) is 15.5. The van der Waals surface area contributed by atoms with E-state index in [1.54, 1.807) is 13.0 Å². The summed E-state index contributed by atoms with van der Waals surface area (Å²) >= 11 is 0. The molecule has 1 aromatic carbocycles. The first-order valence-electron chi connectivity index (χ1n) is 7.17. The summed E-state index contributed by atoms with van der Waals surface area (Å²) in [5.41, 5.74) is 0.765. The minimum atomic E-state index is -0.548. The number of rotatable bonds is 4. The van der Waals surface area contributed by atoms with Gasteiger partial charge in [-0.05, 0) is 37.5 Å². The number of ether oxygens (including phenoxy) is 1. The number of carbonyl (C=O) groups is 2. The van der Waals surface area contributed by atoms with Crippen LogP contribution >= 0.6 is 0 Å². The molecular formula is C16H20FNO3. The first-order valence-corrected chi connectivity index (χ1v) is 7.17. The molecule has 2 rings (SSSR count). The number of nitrogens with zero attached hydrogens (tertiary/aromatic N) is 1. The van der Waals surface area contributed by atoms with Crippen molar-refractivity contribution in [2.75, 3.05) is 13.7 Å². The maximum atomic E-state index is 14.0. The van der Waals surface area contributed by atoms with Crippen molar-refractivity contribution in [3.05, 3.63) is 35.1 Å². The van der Waals surface area contributed by atoms with Gasteiger partial charge in [-0.2, -0.15) is 0 Å². The van der Waals surface area contributed by atoms with E-state index < -0.39 is 17.7 Å². The number of benzene rings is 1. The molecule has 0 unspecified atom stereocenters. The summed E-state index contributed by atoms with van der Waals surface area (Å²) < 4.78 is 18.7. The van der Waals surface area contributed by atoms with Gasteiger partial charge in [-0.1, -0.05) is 18.9 Å². The first-order chi connectivity index (χ1) is 10.0. The number of esters is 1. The number of carbonyl (C=O) groups excluding carboxylic acids is 2. The van der Waals surface area contributed by atoms with Gasteiger partial charge in [-0.15, -0.1) is 0 Å². The smallest absolute Gasteiger partial charge is 0.325 e. The molecule has 1 aromatic rings. The third-order valence-corrected chi connectivity index (χ3v) is 3.91. The van der Waals surface area contributed by atoms with Crippen molar-refractivity contribution in [1.82, 2.24) is 4.90 Å². The van der Waals surface area contributed by atoms with Crippen LogP contribution in [-0.4, -0.2) is 36.5 Å². The van der Waals surface area contributed by atoms with Gasteiger partial charge in [0.25, 0.3) is 5.91 Å². The highest BCUT2D eigenvalue weighted by Gasteiger charge is 2.30. The zero-order valence-electron chi connectivity index (χ0n) is 12.4. The van der Waals surface area contributed by atoms with E-state index in [1.165, 1.54) is 24.1 Å². The molecule has 1 saturated carbocycles. The molecule has 0 spiro atoms. The zero-order valence-corrected chi connectivity index (χ0v) is 12.4. The largest absolute Gasteiger partial charge is 0.468 e. The fourth-order valence-electron chi connectivity index (χ4n) is 2.73. The van der Waals surface area contributed by atoms with E-state index in [1.807, 2.05) is 0 Å². The Bertz CT molecular complexity index is 538. The summed E-state index contributed by atoms with van der Waals surface area (Å²) in [5.74, 6) is -1.47. The molecule has 0 N–H and O–H groups in total. The molecule has 0 radical (unpaired) electrons. The lowest BCUT2D eigenvalue weighted by molar-refractivity contribution is -0.141. The molecule has 5 heteroatoms. The van der Waals surface area contributed by atoms with Crippen molar-refractivity contribution in [3.8, 4) is 0 Å². The molecule has 0 atom stereocenters. The highest BCUT2D eigenvalue weighted by molar-refractivity contribution is 5.96. The molecule has 1 aliphatic carbocycles. The van der Waals surface area contributed by atoms with Crippen LogP contribution in [0.4, 0.5) is 4.39 Å². The molecule has 0 saturated heterocycles. The van der Waals surface area contributed by atoms with Gasteiger partial charge in [0.1, 0.15) is 12.4 Å². The molecular weight excluding hydrogens is 273 g/mol. The van der Waals surface area contributed by atoms with Gasteiger partial charge in [0.15, 0.2) is 0 Å². The van der Waals surface area contributed by atoms with Gasteiger partial charge >= 0.3 is 5.97 Å². The van der Waals surface area contributed by atoms with Crippen molar-refractivity contribution in [3.63, 3.8) is 0 Å². The summed E-state index contributed by atoms with van der Waals surface area (Å²) in [4.78, 5) is 25.6. The summed E-state index contributed by atoms with van der Waals surface area (Å²) in [6, 6.07) is 4.49. The number of hydrogen-bond donors (Lipinski definition) is 0. The lowest BCUT2D eigenvalue weighted by atomic mass is 10.1. The van der Waals surface area contributed by atoms with Crippen molar-refractivity contribution >= 4 is 11.9 Å². The summed E-state index contributed by atoms with van der Waals surface area (Å²) in [6.45, 7) is 1.63. The van der Waals surface area contributed by atoms with Crippen LogP contribution in [-0.2, 0) is 9.53 Å². The van der Waals surface area contributed by atoms with Crippen LogP contribution in [0.15, 0.2) is 18.2 Å². The maximum Gasteiger partial charge on any atom is 0.325 e. The highest BCUT2D eigenvalue weighted by atomic mass is 19.1. The SMILES string of the molecule is COC(=O)CN(C(=O)c1ccc(C)cc1F)C1CCCC1. The molecule has 1 aliphatic rings. The van der Waals surface area contributed by atoms with Crippen molar-refractivity contribution in [2.24, 2.45) is 0 Å². The molecule has 1 amide bonds. The monoisotopic (exact) mass is 293 g/mol. The second kappa shape index (κ2) is 6.70. The van der Waals surface area contributed by atoms with Crippen LogP contribution < -0.4 is 0 Å². The average Bonchev–Trinajstić information content (AvgIpc) is 2.97. The van der Waals surface area contributed by atoms with E-state index in [2.05, 4.69) is 4.74 Å². The average molecular weight is 293 g/mol. The van der Waals surface area contributed by atoms with Crippen molar-refractivity contribution in [2.45, 2.75) is 38.6 Å². The van der Waals surface area contributed by atoms with E-state index in [0.29, 0.717) is 0 Å². The third-order valence-electron chi connectivity index (χ3n) is 3.91. The van der Waals surface area contributed by atoms with E-state index >= 15 is 0 Å². The number of hydrogen-bond acceptors (Lipinski definition) is 3. The Hall–Kier alpha value is -1.91. The van der Waals surface area contributed by atoms with Gasteiger partial charge in [-0.25, -0.2) is 4.39 Å². The molecule has 0 heterocycles. The Morgan fingerprint density at radius 2 is 2.00 bits per heavy atom. The van der Waals surface area contributed by atoms with Crippen LogP contribution in [0, 0.1) is 12.7 Å². The molecule has 1 fully saturated rings. The Morgan fingerprint density at radius 1 is 1.33 bits per heavy atom. The van der Waals surface area contributed by atoms with Crippen molar-refractivity contribution in [1.29, 1.82) is 0 Å². The van der Waals surface area contributed by atoms with E-state index in [9.17, 15) is 14.0 Å². The number of halogens is 1. The molecule has 114 valence electrons. The lowest BCUT2D eigenvalue weighted by Crippen LogP contribution is -2.43. The molecule has 21 heavy (non-hydrogen) atoms. The summed E-state index contributed by atoms with van der Waals surface area (Å²) in [7, 11) is 1.28.